The number of nitrogens with zero attached hydrogens (tertiary/aromatic N) is 1. The van der Waals surface area contributed by atoms with Crippen molar-refractivity contribution in [2.75, 3.05) is 6.61 Å². The first-order valence-electron chi connectivity index (χ1n) is 7.69. The lowest BCUT2D eigenvalue weighted by Crippen LogP contribution is -2.20. The highest BCUT2D eigenvalue weighted by molar-refractivity contribution is 5.28. The molecule has 0 saturated carbocycles. The van der Waals surface area contributed by atoms with Crippen LogP contribution < -0.4 is 10.3 Å². The van der Waals surface area contributed by atoms with E-state index in [0.29, 0.717) is 24.5 Å². The van der Waals surface area contributed by atoms with Gasteiger partial charge in [-0.3, -0.25) is 4.79 Å². The van der Waals surface area contributed by atoms with E-state index in [1.54, 1.807) is 29.8 Å². The zero-order valence-corrected chi connectivity index (χ0v) is 13.1. The molecule has 1 aromatic heterocycles. The molecule has 2 rings (SSSR count). The Morgan fingerprint density at radius 2 is 2.05 bits per heavy atom. The molecule has 0 atom stereocenters. The van der Waals surface area contributed by atoms with Crippen LogP contribution in [0.2, 0.25) is 0 Å². The van der Waals surface area contributed by atoms with E-state index in [0.717, 1.165) is 24.8 Å². The van der Waals surface area contributed by atoms with Gasteiger partial charge in [-0.05, 0) is 36.6 Å². The molecule has 2 aromatic rings. The van der Waals surface area contributed by atoms with Gasteiger partial charge in [-0.2, -0.15) is 0 Å². The third-order valence-electron chi connectivity index (χ3n) is 3.70. The fourth-order valence-electron chi connectivity index (χ4n) is 2.26. The number of hydrogen-bond acceptors (Lipinski definition) is 2. The van der Waals surface area contributed by atoms with Crippen molar-refractivity contribution in [3.8, 4) is 5.75 Å². The zero-order chi connectivity index (χ0) is 15.9. The molecule has 0 radical (unpaired) electrons. The topological polar surface area (TPSA) is 31.2 Å². The number of halogens is 1. The summed E-state index contributed by atoms with van der Waals surface area (Å²) in [5, 5.41) is 0. The van der Waals surface area contributed by atoms with Crippen LogP contribution in [0.15, 0.2) is 41.3 Å². The van der Waals surface area contributed by atoms with Crippen LogP contribution in [0, 0.1) is 12.7 Å². The second kappa shape index (κ2) is 7.78. The molecule has 4 heteroatoms. The van der Waals surface area contributed by atoms with Crippen LogP contribution in [0.1, 0.15) is 37.3 Å². The number of rotatable bonds is 7. The summed E-state index contributed by atoms with van der Waals surface area (Å²) in [6.45, 7) is 4.84. The maximum absolute atomic E-state index is 13.5. The van der Waals surface area contributed by atoms with Gasteiger partial charge in [0.05, 0.1) is 13.2 Å². The summed E-state index contributed by atoms with van der Waals surface area (Å²) in [5.41, 5.74) is 1.24. The minimum atomic E-state index is -0.249. The molecule has 3 nitrogen and oxygen atoms in total. The Morgan fingerprint density at radius 3 is 2.77 bits per heavy atom. The Hall–Kier alpha value is -2.10. The molecule has 0 aliphatic carbocycles. The highest BCUT2D eigenvalue weighted by Crippen LogP contribution is 2.14. The quantitative estimate of drug-likeness (QED) is 0.726. The summed E-state index contributed by atoms with van der Waals surface area (Å²) in [6.07, 6.45) is 4.94. The predicted octanol–water partition coefficient (Wildman–Crippen LogP) is 3.91. The first kappa shape index (κ1) is 16.3. The van der Waals surface area contributed by atoms with Crippen molar-refractivity contribution >= 4 is 0 Å². The Labute approximate surface area is 130 Å². The second-order valence-corrected chi connectivity index (χ2v) is 5.41. The van der Waals surface area contributed by atoms with E-state index < -0.39 is 0 Å². The minimum Gasteiger partial charge on any atom is -0.493 e. The van der Waals surface area contributed by atoms with Crippen molar-refractivity contribution in [2.45, 2.75) is 39.7 Å². The van der Waals surface area contributed by atoms with Gasteiger partial charge in [0.2, 0.25) is 0 Å². The van der Waals surface area contributed by atoms with E-state index in [1.807, 2.05) is 6.07 Å². The normalized spacial score (nSPS) is 10.7. The molecule has 118 valence electrons. The van der Waals surface area contributed by atoms with E-state index in [4.69, 9.17) is 4.74 Å². The lowest BCUT2D eigenvalue weighted by atomic mass is 10.1. The number of aromatic nitrogens is 1. The lowest BCUT2D eigenvalue weighted by Gasteiger charge is -2.11. The first-order valence-corrected chi connectivity index (χ1v) is 7.69. The van der Waals surface area contributed by atoms with Gasteiger partial charge < -0.3 is 9.30 Å². The molecule has 1 aromatic carbocycles. The van der Waals surface area contributed by atoms with E-state index in [-0.39, 0.29) is 11.4 Å². The summed E-state index contributed by atoms with van der Waals surface area (Å²) in [6, 6.07) is 8.19. The fraction of sp³-hybridized carbons (Fsp3) is 0.389. The van der Waals surface area contributed by atoms with Gasteiger partial charge in [0.15, 0.2) is 0 Å². The average Bonchev–Trinajstić information content (AvgIpc) is 2.51. The molecule has 0 unspecified atom stereocenters. The van der Waals surface area contributed by atoms with Crippen LogP contribution >= 0.6 is 0 Å². The molecule has 1 heterocycles. The summed E-state index contributed by atoms with van der Waals surface area (Å²) in [7, 11) is 0. The molecule has 0 amide bonds. The Bertz CT molecular complexity index is 679. The largest absolute Gasteiger partial charge is 0.493 e. The molecule has 0 fully saturated rings. The van der Waals surface area contributed by atoms with Crippen LogP contribution in [0.5, 0.6) is 5.75 Å². The maximum Gasteiger partial charge on any atom is 0.254 e. The van der Waals surface area contributed by atoms with Gasteiger partial charge in [-0.15, -0.1) is 0 Å². The number of unbranched alkanes of at least 4 members (excludes halogenated alkanes) is 2. The van der Waals surface area contributed by atoms with Gasteiger partial charge in [0.25, 0.3) is 5.56 Å². The highest BCUT2D eigenvalue weighted by atomic mass is 19.1. The van der Waals surface area contributed by atoms with Crippen molar-refractivity contribution in [3.63, 3.8) is 0 Å². The molecular weight excluding hydrogens is 281 g/mol. The van der Waals surface area contributed by atoms with Gasteiger partial charge >= 0.3 is 0 Å². The Balaban J connectivity index is 2.07. The van der Waals surface area contributed by atoms with Gasteiger partial charge in [-0.1, -0.05) is 31.9 Å². The second-order valence-electron chi connectivity index (χ2n) is 5.41. The van der Waals surface area contributed by atoms with Crippen molar-refractivity contribution in [1.29, 1.82) is 0 Å². The Kier molecular flexibility index (Phi) is 5.75. The van der Waals surface area contributed by atoms with Crippen molar-refractivity contribution in [1.82, 2.24) is 4.57 Å². The average molecular weight is 303 g/mol. The summed E-state index contributed by atoms with van der Waals surface area (Å²) in [5.74, 6) is 0.342. The molecule has 0 bridgehead atoms. The third kappa shape index (κ3) is 4.20. The number of benzene rings is 1. The molecule has 0 aliphatic heterocycles. The molecule has 0 saturated heterocycles. The van der Waals surface area contributed by atoms with Gasteiger partial charge in [-0.25, -0.2) is 4.39 Å². The van der Waals surface area contributed by atoms with E-state index in [1.165, 1.54) is 12.1 Å². The van der Waals surface area contributed by atoms with Gasteiger partial charge in [0.1, 0.15) is 11.6 Å². The van der Waals surface area contributed by atoms with E-state index >= 15 is 0 Å². The monoisotopic (exact) mass is 303 g/mol. The van der Waals surface area contributed by atoms with E-state index in [2.05, 4.69) is 6.92 Å². The predicted molar refractivity (Wildman–Crippen MR) is 86.0 cm³/mol. The van der Waals surface area contributed by atoms with Crippen LogP contribution in [-0.2, 0) is 6.54 Å². The summed E-state index contributed by atoms with van der Waals surface area (Å²) >= 11 is 0. The van der Waals surface area contributed by atoms with Gasteiger partial charge in [0, 0.05) is 12.3 Å². The van der Waals surface area contributed by atoms with Crippen LogP contribution in [0.3, 0.4) is 0 Å². The van der Waals surface area contributed by atoms with Crippen LogP contribution in [-0.4, -0.2) is 11.2 Å². The molecule has 0 spiro atoms. The SMILES string of the molecule is CCCCCOc1ccn(Cc2cccc(F)c2C)c(=O)c1. The number of pyridine rings is 1. The summed E-state index contributed by atoms with van der Waals surface area (Å²) < 4.78 is 20.7. The zero-order valence-electron chi connectivity index (χ0n) is 13.1. The summed E-state index contributed by atoms with van der Waals surface area (Å²) in [4.78, 5) is 12.1. The first-order chi connectivity index (χ1) is 10.6. The fourth-order valence-corrected chi connectivity index (χ4v) is 2.26. The van der Waals surface area contributed by atoms with Crippen molar-refractivity contribution < 1.29 is 9.13 Å². The molecule has 22 heavy (non-hydrogen) atoms. The van der Waals surface area contributed by atoms with Crippen LogP contribution in [0.4, 0.5) is 4.39 Å². The molecular formula is C18H22FNO2. The number of ether oxygens (including phenoxy) is 1. The smallest absolute Gasteiger partial charge is 0.254 e. The lowest BCUT2D eigenvalue weighted by molar-refractivity contribution is 0.305. The van der Waals surface area contributed by atoms with Crippen LogP contribution in [0.25, 0.3) is 0 Å². The minimum absolute atomic E-state index is 0.142. The highest BCUT2D eigenvalue weighted by Gasteiger charge is 2.06. The van der Waals surface area contributed by atoms with Crippen molar-refractivity contribution in [2.24, 2.45) is 0 Å². The standard InChI is InChI=1S/C18H22FNO2/c1-3-4-5-11-22-16-9-10-20(18(21)12-16)13-15-7-6-8-17(19)14(15)2/h6-10,12H,3-5,11,13H2,1-2H3. The molecule has 0 N–H and O–H groups in total. The van der Waals surface area contributed by atoms with Crippen molar-refractivity contribution in [3.05, 3.63) is 63.8 Å². The third-order valence-corrected chi connectivity index (χ3v) is 3.70. The number of hydrogen-bond donors (Lipinski definition) is 0. The van der Waals surface area contributed by atoms with E-state index in [9.17, 15) is 9.18 Å². The maximum atomic E-state index is 13.5. The molecule has 0 aliphatic rings. The Morgan fingerprint density at radius 1 is 1.23 bits per heavy atom.